The van der Waals surface area contributed by atoms with Gasteiger partial charge in [0.1, 0.15) is 35.6 Å². The molecule has 14 heteroatoms. The van der Waals surface area contributed by atoms with Gasteiger partial charge in [-0.05, 0) is 44.4 Å². The SMILES string of the molecule is Cc1nc(-c2ccccc2)n(CC(=O)N[C@H](C(=O)c2nnc(C(C)(C)c3nc4ccccc4o3)o2)C(C)C)c(=O)c1NC(=O)OCc1ccccc1. The predicted octanol–water partition coefficient (Wildman–Crippen LogP) is 5.84. The van der Waals surface area contributed by atoms with E-state index < -0.39 is 47.3 Å². The first-order valence-electron chi connectivity index (χ1n) is 16.6. The topological polar surface area (TPSA) is 184 Å². The van der Waals surface area contributed by atoms with Gasteiger partial charge in [0.15, 0.2) is 5.58 Å². The van der Waals surface area contributed by atoms with E-state index >= 15 is 0 Å². The van der Waals surface area contributed by atoms with Crippen molar-refractivity contribution in [3.8, 4) is 11.4 Å². The summed E-state index contributed by atoms with van der Waals surface area (Å²) in [6.07, 6.45) is -0.863. The van der Waals surface area contributed by atoms with Crippen LogP contribution in [-0.4, -0.2) is 48.6 Å². The molecule has 0 saturated carbocycles. The summed E-state index contributed by atoms with van der Waals surface area (Å²) in [7, 11) is 0. The first kappa shape index (κ1) is 35.4. The number of ketones is 1. The summed E-state index contributed by atoms with van der Waals surface area (Å²) < 4.78 is 18.2. The number of nitrogens with one attached hydrogen (secondary N) is 2. The maximum absolute atomic E-state index is 13.9. The van der Waals surface area contributed by atoms with E-state index in [2.05, 4.69) is 30.8 Å². The lowest BCUT2D eigenvalue weighted by molar-refractivity contribution is -0.122. The largest absolute Gasteiger partial charge is 0.444 e. The summed E-state index contributed by atoms with van der Waals surface area (Å²) in [4.78, 5) is 63.2. The Bertz CT molecular complexity index is 2260. The number of para-hydroxylation sites is 2. The number of benzene rings is 3. The van der Waals surface area contributed by atoms with Crippen LogP contribution in [0.4, 0.5) is 10.5 Å². The van der Waals surface area contributed by atoms with Gasteiger partial charge in [0.2, 0.25) is 23.5 Å². The van der Waals surface area contributed by atoms with Crippen molar-refractivity contribution in [1.29, 1.82) is 0 Å². The van der Waals surface area contributed by atoms with Crippen molar-refractivity contribution in [2.75, 3.05) is 5.32 Å². The Balaban J connectivity index is 1.23. The summed E-state index contributed by atoms with van der Waals surface area (Å²) in [5.41, 5.74) is 0.982. The lowest BCUT2D eigenvalue weighted by Crippen LogP contribution is -2.47. The van der Waals surface area contributed by atoms with Crippen molar-refractivity contribution in [3.63, 3.8) is 0 Å². The standard InChI is InChI=1S/C38H37N7O7/c1-22(2)29(31(47)33-43-44-36(52-33)38(4,5)35-40-26-18-12-13-19-27(26)51-35)41-28(46)20-45-32(25-16-10-7-11-17-25)39-23(3)30(34(45)48)42-37(49)50-21-24-14-8-6-9-15-24/h6-19,22,29H,20-21H2,1-5H3,(H,41,46)(H,42,49)/t29-/m0/s1. The lowest BCUT2D eigenvalue weighted by atomic mass is 9.93. The lowest BCUT2D eigenvalue weighted by Gasteiger charge is -2.21. The second-order valence-electron chi connectivity index (χ2n) is 13.0. The Morgan fingerprint density at radius 1 is 0.865 bits per heavy atom. The first-order valence-corrected chi connectivity index (χ1v) is 16.6. The molecule has 0 aliphatic heterocycles. The predicted molar refractivity (Wildman–Crippen MR) is 190 cm³/mol. The van der Waals surface area contributed by atoms with E-state index in [1.807, 2.05) is 36.4 Å². The van der Waals surface area contributed by atoms with Crippen LogP contribution in [0.25, 0.3) is 22.5 Å². The van der Waals surface area contributed by atoms with Gasteiger partial charge in [-0.25, -0.2) is 14.8 Å². The highest BCUT2D eigenvalue weighted by molar-refractivity contribution is 5.98. The van der Waals surface area contributed by atoms with E-state index in [-0.39, 0.29) is 35.6 Å². The van der Waals surface area contributed by atoms with Crippen LogP contribution in [0.3, 0.4) is 0 Å². The van der Waals surface area contributed by atoms with Gasteiger partial charge in [-0.3, -0.25) is 24.3 Å². The number of Topliss-reactive ketones (excluding diaryl/α,β-unsaturated/α-hetero) is 1. The summed E-state index contributed by atoms with van der Waals surface area (Å²) >= 11 is 0. The van der Waals surface area contributed by atoms with Crippen molar-refractivity contribution in [2.24, 2.45) is 5.92 Å². The fraction of sp³-hybridized carbons (Fsp3) is 0.263. The zero-order valence-corrected chi connectivity index (χ0v) is 29.2. The quantitative estimate of drug-likeness (QED) is 0.146. The number of aromatic nitrogens is 5. The minimum atomic E-state index is -1.09. The molecule has 6 aromatic rings. The molecule has 6 rings (SSSR count). The summed E-state index contributed by atoms with van der Waals surface area (Å²) in [5.74, 6) is -1.37. The smallest absolute Gasteiger partial charge is 0.412 e. The molecule has 2 N–H and O–H groups in total. The molecule has 0 aliphatic rings. The highest BCUT2D eigenvalue weighted by Gasteiger charge is 2.37. The third-order valence-corrected chi connectivity index (χ3v) is 8.39. The van der Waals surface area contributed by atoms with Crippen molar-refractivity contribution in [3.05, 3.63) is 124 Å². The molecule has 2 amide bonds. The van der Waals surface area contributed by atoms with E-state index in [1.54, 1.807) is 83.1 Å². The van der Waals surface area contributed by atoms with Crippen LogP contribution < -0.4 is 16.2 Å². The average molecular weight is 704 g/mol. The number of ether oxygens (including phenoxy) is 1. The average Bonchev–Trinajstić information content (AvgIpc) is 3.82. The highest BCUT2D eigenvalue weighted by Crippen LogP contribution is 2.32. The number of nitrogens with zero attached hydrogens (tertiary/aromatic N) is 5. The fourth-order valence-electron chi connectivity index (χ4n) is 5.46. The van der Waals surface area contributed by atoms with Crippen LogP contribution in [0.5, 0.6) is 0 Å². The summed E-state index contributed by atoms with van der Waals surface area (Å²) in [5, 5.41) is 13.4. The number of rotatable bonds is 12. The van der Waals surface area contributed by atoms with E-state index in [9.17, 15) is 19.2 Å². The Morgan fingerprint density at radius 2 is 1.54 bits per heavy atom. The normalized spacial score (nSPS) is 12.1. The monoisotopic (exact) mass is 703 g/mol. The molecule has 0 aliphatic carbocycles. The number of carbonyl (C=O) groups excluding carboxylic acids is 3. The van der Waals surface area contributed by atoms with Crippen LogP contribution >= 0.6 is 0 Å². The highest BCUT2D eigenvalue weighted by atomic mass is 16.5. The van der Waals surface area contributed by atoms with Gasteiger partial charge in [-0.2, -0.15) is 0 Å². The van der Waals surface area contributed by atoms with E-state index in [1.165, 1.54) is 0 Å². The summed E-state index contributed by atoms with van der Waals surface area (Å²) in [6, 6.07) is 24.1. The van der Waals surface area contributed by atoms with Crippen molar-refractivity contribution >= 4 is 34.6 Å². The minimum Gasteiger partial charge on any atom is -0.444 e. The fourth-order valence-corrected chi connectivity index (χ4v) is 5.46. The summed E-state index contributed by atoms with van der Waals surface area (Å²) in [6.45, 7) is 8.10. The van der Waals surface area contributed by atoms with Crippen molar-refractivity contribution < 1.29 is 28.0 Å². The Labute approximate surface area is 298 Å². The van der Waals surface area contributed by atoms with Crippen molar-refractivity contribution in [1.82, 2.24) is 30.0 Å². The molecule has 3 aromatic heterocycles. The molecule has 0 unspecified atom stereocenters. The minimum absolute atomic E-state index is 0.0156. The molecule has 0 saturated heterocycles. The third-order valence-electron chi connectivity index (χ3n) is 8.39. The number of oxazole rings is 1. The van der Waals surface area contributed by atoms with Crippen LogP contribution in [0.15, 0.2) is 98.6 Å². The number of amides is 2. The molecule has 0 spiro atoms. The van der Waals surface area contributed by atoms with Gasteiger partial charge >= 0.3 is 6.09 Å². The van der Waals surface area contributed by atoms with Gasteiger partial charge in [0.25, 0.3) is 11.4 Å². The maximum atomic E-state index is 13.9. The first-order chi connectivity index (χ1) is 24.9. The van der Waals surface area contributed by atoms with Crippen LogP contribution in [0.1, 0.15) is 61.4 Å². The molecule has 0 bridgehead atoms. The van der Waals surface area contributed by atoms with Gasteiger partial charge in [0, 0.05) is 5.56 Å². The number of hydrogen-bond donors (Lipinski definition) is 2. The zero-order chi connectivity index (χ0) is 37.0. The molecule has 14 nitrogen and oxygen atoms in total. The van der Waals surface area contributed by atoms with Gasteiger partial charge < -0.3 is 18.9 Å². The number of anilines is 1. The number of aryl methyl sites for hydroxylation is 1. The zero-order valence-electron chi connectivity index (χ0n) is 29.2. The molecule has 3 aromatic carbocycles. The van der Waals surface area contributed by atoms with Gasteiger partial charge in [-0.15, -0.1) is 10.2 Å². The maximum Gasteiger partial charge on any atom is 0.412 e. The number of fused-ring (bicyclic) bond motifs is 1. The number of hydrogen-bond acceptors (Lipinski definition) is 11. The molecular formula is C38H37N7O7. The molecule has 1 atom stereocenters. The van der Waals surface area contributed by atoms with Crippen LogP contribution in [0, 0.1) is 12.8 Å². The Hall–Kier alpha value is -6.44. The third kappa shape index (κ3) is 7.50. The van der Waals surface area contributed by atoms with Crippen LogP contribution in [-0.2, 0) is 28.1 Å². The Morgan fingerprint density at radius 3 is 2.23 bits per heavy atom. The second-order valence-corrected chi connectivity index (χ2v) is 13.0. The molecule has 0 fully saturated rings. The van der Waals surface area contributed by atoms with E-state index in [4.69, 9.17) is 13.6 Å². The van der Waals surface area contributed by atoms with E-state index in [0.29, 0.717) is 22.6 Å². The van der Waals surface area contributed by atoms with E-state index in [0.717, 1.165) is 10.1 Å². The molecule has 266 valence electrons. The van der Waals surface area contributed by atoms with Gasteiger partial charge in [-0.1, -0.05) is 86.6 Å². The van der Waals surface area contributed by atoms with Crippen LogP contribution in [0.2, 0.25) is 0 Å². The second kappa shape index (κ2) is 14.8. The van der Waals surface area contributed by atoms with Gasteiger partial charge in [0.05, 0.1) is 11.7 Å². The molecule has 52 heavy (non-hydrogen) atoms. The Kier molecular flexibility index (Phi) is 10.1. The molecule has 3 heterocycles. The molecular weight excluding hydrogens is 666 g/mol. The molecule has 0 radical (unpaired) electrons. The number of carbonyl (C=O) groups is 3. The van der Waals surface area contributed by atoms with Crippen molar-refractivity contribution in [2.45, 2.75) is 59.2 Å².